The number of rotatable bonds is 2. The van der Waals surface area contributed by atoms with Crippen LogP contribution in [0.4, 0.5) is 5.69 Å². The number of hydrogen-bond acceptors (Lipinski definition) is 3. The minimum absolute atomic E-state index is 0.806. The molecule has 0 aliphatic rings. The van der Waals surface area contributed by atoms with E-state index in [-0.39, 0.29) is 0 Å². The maximum absolute atomic E-state index is 5.55. The Labute approximate surface area is 78.7 Å². The van der Waals surface area contributed by atoms with Gasteiger partial charge in [0.25, 0.3) is 0 Å². The second-order valence-electron chi connectivity index (χ2n) is 1.88. The fourth-order valence-electron chi connectivity index (χ4n) is 0.696. The molecule has 0 spiro atoms. The summed E-state index contributed by atoms with van der Waals surface area (Å²) in [7, 11) is 1.88. The smallest absolute Gasteiger partial charge is 0.0325 e. The van der Waals surface area contributed by atoms with Gasteiger partial charge in [0.05, 0.1) is 0 Å². The lowest BCUT2D eigenvalue weighted by Gasteiger charge is -1.98. The van der Waals surface area contributed by atoms with Gasteiger partial charge in [0.15, 0.2) is 0 Å². The summed E-state index contributed by atoms with van der Waals surface area (Å²) in [6, 6.07) is 7.76. The van der Waals surface area contributed by atoms with Gasteiger partial charge in [-0.2, -0.15) is 0 Å². The van der Waals surface area contributed by atoms with Crippen molar-refractivity contribution in [1.82, 2.24) is 4.72 Å². The Bertz CT molecular complexity index is 213. The first kappa shape index (κ1) is 11.3. The third-order valence-corrected chi connectivity index (χ3v) is 1.77. The highest BCUT2D eigenvalue weighted by molar-refractivity contribution is 7.97. The van der Waals surface area contributed by atoms with Gasteiger partial charge in [0.1, 0.15) is 0 Å². The monoisotopic (exact) mass is 184 g/mol. The molecule has 3 N–H and O–H groups in total. The summed E-state index contributed by atoms with van der Waals surface area (Å²) in [5.41, 5.74) is 6.35. The lowest BCUT2D eigenvalue weighted by Crippen LogP contribution is -1.91. The molecule has 0 fully saturated rings. The quantitative estimate of drug-likeness (QED) is 0.548. The summed E-state index contributed by atoms with van der Waals surface area (Å²) >= 11 is 1.56. The third kappa shape index (κ3) is 4.26. The van der Waals surface area contributed by atoms with Crippen LogP contribution in [0, 0.1) is 0 Å². The highest BCUT2D eigenvalue weighted by Gasteiger charge is 1.89. The van der Waals surface area contributed by atoms with Crippen LogP contribution in [0.2, 0.25) is 0 Å². The number of nitrogens with one attached hydrogen (secondary N) is 1. The Morgan fingerprint density at radius 1 is 1.33 bits per heavy atom. The molecule has 0 saturated carbocycles. The molecule has 0 radical (unpaired) electrons. The minimum atomic E-state index is 0.806. The van der Waals surface area contributed by atoms with Crippen LogP contribution in [-0.2, 0) is 0 Å². The van der Waals surface area contributed by atoms with Crippen molar-refractivity contribution >= 4 is 17.6 Å². The maximum Gasteiger partial charge on any atom is 0.0325 e. The summed E-state index contributed by atoms with van der Waals surface area (Å²) in [4.78, 5) is 1.14. The predicted molar refractivity (Wildman–Crippen MR) is 57.1 cm³/mol. The second kappa shape index (κ2) is 7.00. The second-order valence-corrected chi connectivity index (χ2v) is 2.96. The maximum atomic E-state index is 5.55. The van der Waals surface area contributed by atoms with Gasteiger partial charge in [-0.3, -0.25) is 4.72 Å². The van der Waals surface area contributed by atoms with Crippen LogP contribution < -0.4 is 10.5 Å². The molecule has 1 rings (SSSR count). The Morgan fingerprint density at radius 3 is 2.50 bits per heavy atom. The molecule has 0 heterocycles. The molecule has 1 aromatic carbocycles. The fourth-order valence-corrected chi connectivity index (χ4v) is 1.27. The van der Waals surface area contributed by atoms with Crippen LogP contribution in [0.1, 0.15) is 13.8 Å². The van der Waals surface area contributed by atoms with Crippen LogP contribution >= 0.6 is 11.9 Å². The summed E-state index contributed by atoms with van der Waals surface area (Å²) in [6.07, 6.45) is 0. The van der Waals surface area contributed by atoms with E-state index in [0.29, 0.717) is 0 Å². The molecule has 1 aromatic rings. The Hall–Kier alpha value is -0.670. The van der Waals surface area contributed by atoms with E-state index in [2.05, 4.69) is 4.72 Å². The van der Waals surface area contributed by atoms with Gasteiger partial charge in [-0.15, -0.1) is 0 Å². The average Bonchev–Trinajstić information content (AvgIpc) is 2.09. The topological polar surface area (TPSA) is 38.0 Å². The molecule has 12 heavy (non-hydrogen) atoms. The Kier molecular flexibility index (Phi) is 6.61. The van der Waals surface area contributed by atoms with Crippen molar-refractivity contribution in [3.05, 3.63) is 24.3 Å². The molecule has 68 valence electrons. The normalized spacial score (nSPS) is 8.58. The van der Waals surface area contributed by atoms with Crippen LogP contribution in [0.3, 0.4) is 0 Å². The molecule has 0 bridgehead atoms. The van der Waals surface area contributed by atoms with E-state index in [9.17, 15) is 0 Å². The number of benzene rings is 1. The van der Waals surface area contributed by atoms with Crippen molar-refractivity contribution in [2.75, 3.05) is 12.8 Å². The molecular weight excluding hydrogens is 168 g/mol. The average molecular weight is 184 g/mol. The SMILES string of the molecule is CC.CNSc1cccc(N)c1. The Morgan fingerprint density at radius 2 is 2.00 bits per heavy atom. The number of hydrogen-bond donors (Lipinski definition) is 2. The van der Waals surface area contributed by atoms with E-state index >= 15 is 0 Å². The first-order valence-corrected chi connectivity index (χ1v) is 4.83. The van der Waals surface area contributed by atoms with E-state index < -0.39 is 0 Å². The molecule has 0 atom stereocenters. The fraction of sp³-hybridized carbons (Fsp3) is 0.333. The highest BCUT2D eigenvalue weighted by Crippen LogP contribution is 2.15. The summed E-state index contributed by atoms with van der Waals surface area (Å²) in [5, 5.41) is 0. The first-order chi connectivity index (χ1) is 5.83. The van der Waals surface area contributed by atoms with Gasteiger partial charge in [-0.25, -0.2) is 0 Å². The molecule has 0 amide bonds. The van der Waals surface area contributed by atoms with Crippen molar-refractivity contribution in [2.24, 2.45) is 0 Å². The molecule has 0 aromatic heterocycles. The van der Waals surface area contributed by atoms with Crippen LogP contribution in [0.5, 0.6) is 0 Å². The van der Waals surface area contributed by atoms with Crippen LogP contribution in [0.25, 0.3) is 0 Å². The summed E-state index contributed by atoms with van der Waals surface area (Å²) < 4.78 is 2.97. The molecule has 0 unspecified atom stereocenters. The first-order valence-electron chi connectivity index (χ1n) is 4.02. The van der Waals surface area contributed by atoms with Gasteiger partial charge in [0.2, 0.25) is 0 Å². The lowest BCUT2D eigenvalue weighted by molar-refractivity contribution is 1.28. The van der Waals surface area contributed by atoms with Crippen molar-refractivity contribution < 1.29 is 0 Å². The molecular formula is C9H16N2S. The van der Waals surface area contributed by atoms with Crippen molar-refractivity contribution in [3.8, 4) is 0 Å². The predicted octanol–water partition coefficient (Wildman–Crippen LogP) is 2.52. The van der Waals surface area contributed by atoms with Gasteiger partial charge < -0.3 is 5.73 Å². The Balaban J connectivity index is 0.000000561. The van der Waals surface area contributed by atoms with Gasteiger partial charge >= 0.3 is 0 Å². The van der Waals surface area contributed by atoms with E-state index in [1.165, 1.54) is 0 Å². The standard InChI is InChI=1S/C7H10N2S.C2H6/c1-9-10-7-4-2-3-6(8)5-7;1-2/h2-5,9H,8H2,1H3;1-2H3. The van der Waals surface area contributed by atoms with Crippen molar-refractivity contribution in [3.63, 3.8) is 0 Å². The number of anilines is 1. The molecule has 0 aliphatic heterocycles. The summed E-state index contributed by atoms with van der Waals surface area (Å²) in [6.45, 7) is 4.00. The zero-order valence-corrected chi connectivity index (χ0v) is 8.61. The van der Waals surface area contributed by atoms with Gasteiger partial charge in [-0.05, 0) is 37.2 Å². The van der Waals surface area contributed by atoms with Crippen LogP contribution in [-0.4, -0.2) is 7.05 Å². The van der Waals surface area contributed by atoms with E-state index in [1.54, 1.807) is 11.9 Å². The van der Waals surface area contributed by atoms with Crippen molar-refractivity contribution in [2.45, 2.75) is 18.7 Å². The zero-order valence-electron chi connectivity index (χ0n) is 7.79. The van der Waals surface area contributed by atoms with E-state index in [1.807, 2.05) is 45.2 Å². The highest BCUT2D eigenvalue weighted by atomic mass is 32.2. The van der Waals surface area contributed by atoms with Crippen molar-refractivity contribution in [1.29, 1.82) is 0 Å². The van der Waals surface area contributed by atoms with E-state index in [4.69, 9.17) is 5.73 Å². The molecule has 0 saturated heterocycles. The van der Waals surface area contributed by atoms with E-state index in [0.717, 1.165) is 10.6 Å². The van der Waals surface area contributed by atoms with Gasteiger partial charge in [-0.1, -0.05) is 19.9 Å². The third-order valence-electron chi connectivity index (χ3n) is 1.08. The lowest BCUT2D eigenvalue weighted by atomic mass is 10.3. The number of nitrogen functional groups attached to an aromatic ring is 1. The largest absolute Gasteiger partial charge is 0.399 e. The zero-order chi connectivity index (χ0) is 9.40. The van der Waals surface area contributed by atoms with Gasteiger partial charge in [0, 0.05) is 10.6 Å². The molecule has 3 heteroatoms. The summed E-state index contributed by atoms with van der Waals surface area (Å²) in [5.74, 6) is 0. The van der Waals surface area contributed by atoms with Crippen LogP contribution in [0.15, 0.2) is 29.2 Å². The molecule has 2 nitrogen and oxygen atoms in total. The number of nitrogens with two attached hydrogens (primary N) is 1. The molecule has 0 aliphatic carbocycles. The minimum Gasteiger partial charge on any atom is -0.399 e.